The fraction of sp³-hybridized carbons (Fsp3) is 0.650. The number of hydrogen-bond donors (Lipinski definition) is 2. The molecule has 2 rings (SSSR count). The van der Waals surface area contributed by atoms with Crippen LogP contribution in [-0.4, -0.2) is 64.3 Å². The minimum Gasteiger partial charge on any atom is -0.497 e. The van der Waals surface area contributed by atoms with Gasteiger partial charge in [-0.05, 0) is 63.9 Å². The molecule has 1 aromatic rings. The molecule has 7 nitrogen and oxygen atoms in total. The normalized spacial score (nSPS) is 16.5. The first kappa shape index (κ1) is 25.4. The molecule has 1 heterocycles. The van der Waals surface area contributed by atoms with Crippen molar-refractivity contribution >= 4 is 15.9 Å². The predicted molar refractivity (Wildman–Crippen MR) is 112 cm³/mol. The van der Waals surface area contributed by atoms with Crippen molar-refractivity contribution in [1.29, 1.82) is 0 Å². The molecule has 0 aliphatic carbocycles. The Morgan fingerprint density at radius 2 is 1.87 bits per heavy atom. The minimum absolute atomic E-state index is 0.0265. The molecule has 0 saturated carbocycles. The second-order valence-corrected chi connectivity index (χ2v) is 10.3. The molecule has 1 amide bonds. The lowest BCUT2D eigenvalue weighted by atomic mass is 9.96. The SMILES string of the molecule is COc1cc(C(=O)NCC2CCN(CCNS(=O)(=O)C(C)C)CC2)cc(C(F)(F)F)c1. The number of benzene rings is 1. The first-order valence-corrected chi connectivity index (χ1v) is 11.7. The number of nitrogens with zero attached hydrogens (tertiary/aromatic N) is 1. The lowest BCUT2D eigenvalue weighted by molar-refractivity contribution is -0.137. The van der Waals surface area contributed by atoms with Gasteiger partial charge in [0.05, 0.1) is 17.9 Å². The van der Waals surface area contributed by atoms with E-state index < -0.39 is 32.9 Å². The lowest BCUT2D eigenvalue weighted by Crippen LogP contribution is -2.42. The van der Waals surface area contributed by atoms with Crippen LogP contribution in [0.1, 0.15) is 42.6 Å². The summed E-state index contributed by atoms with van der Waals surface area (Å²) in [6, 6.07) is 2.96. The van der Waals surface area contributed by atoms with Gasteiger partial charge in [0.2, 0.25) is 10.0 Å². The van der Waals surface area contributed by atoms with Gasteiger partial charge in [-0.25, -0.2) is 13.1 Å². The Balaban J connectivity index is 1.80. The molecule has 1 fully saturated rings. The van der Waals surface area contributed by atoms with E-state index in [1.165, 1.54) is 13.2 Å². The molecule has 1 aromatic carbocycles. The van der Waals surface area contributed by atoms with Crippen molar-refractivity contribution in [1.82, 2.24) is 14.9 Å². The standard InChI is InChI=1S/C20H30F3N3O4S/c1-14(2)31(28,29)25-6-9-26-7-4-15(5-8-26)13-24-19(27)16-10-17(20(21,22)23)12-18(11-16)30-3/h10-12,14-15,25H,4-9,13H2,1-3H3,(H,24,27). The van der Waals surface area contributed by atoms with E-state index in [0.29, 0.717) is 19.6 Å². The Morgan fingerprint density at radius 1 is 1.23 bits per heavy atom. The van der Waals surface area contributed by atoms with E-state index >= 15 is 0 Å². The van der Waals surface area contributed by atoms with Crippen LogP contribution in [0.15, 0.2) is 18.2 Å². The summed E-state index contributed by atoms with van der Waals surface area (Å²) in [6.07, 6.45) is -2.95. The maximum absolute atomic E-state index is 13.0. The molecule has 0 spiro atoms. The fourth-order valence-corrected chi connectivity index (χ4v) is 3.99. The highest BCUT2D eigenvalue weighted by Gasteiger charge is 2.32. The molecule has 1 aliphatic rings. The number of amides is 1. The number of halogens is 3. The average Bonchev–Trinajstić information content (AvgIpc) is 2.71. The molecular weight excluding hydrogens is 435 g/mol. The highest BCUT2D eigenvalue weighted by Crippen LogP contribution is 2.32. The summed E-state index contributed by atoms with van der Waals surface area (Å²) in [5.74, 6) is -0.392. The lowest BCUT2D eigenvalue weighted by Gasteiger charge is -2.32. The largest absolute Gasteiger partial charge is 0.497 e. The summed E-state index contributed by atoms with van der Waals surface area (Å²) < 4.78 is 70.1. The van der Waals surface area contributed by atoms with Gasteiger partial charge < -0.3 is 15.0 Å². The summed E-state index contributed by atoms with van der Waals surface area (Å²) in [5, 5.41) is 2.24. The number of ether oxygens (including phenoxy) is 1. The fourth-order valence-electron chi connectivity index (χ4n) is 3.28. The Morgan fingerprint density at radius 3 is 2.42 bits per heavy atom. The van der Waals surface area contributed by atoms with Crippen molar-refractivity contribution in [2.75, 3.05) is 39.8 Å². The van der Waals surface area contributed by atoms with Crippen LogP contribution in [0, 0.1) is 5.92 Å². The number of alkyl halides is 3. The molecule has 31 heavy (non-hydrogen) atoms. The molecule has 0 unspecified atom stereocenters. The van der Waals surface area contributed by atoms with E-state index in [2.05, 4.69) is 14.9 Å². The van der Waals surface area contributed by atoms with Gasteiger partial charge in [0.1, 0.15) is 5.75 Å². The Kier molecular flexibility index (Phi) is 8.73. The zero-order chi connectivity index (χ0) is 23.2. The van der Waals surface area contributed by atoms with Gasteiger partial charge in [-0.3, -0.25) is 4.79 Å². The summed E-state index contributed by atoms with van der Waals surface area (Å²) in [6.45, 7) is 6.09. The molecule has 0 aromatic heterocycles. The molecule has 176 valence electrons. The molecular formula is C20H30F3N3O4S. The van der Waals surface area contributed by atoms with E-state index in [4.69, 9.17) is 4.74 Å². The number of rotatable bonds is 9. The first-order chi connectivity index (χ1) is 14.4. The van der Waals surface area contributed by atoms with Crippen LogP contribution in [-0.2, 0) is 16.2 Å². The predicted octanol–water partition coefficient (Wildman–Crippen LogP) is 2.48. The number of piperidine rings is 1. The van der Waals surface area contributed by atoms with Crippen molar-refractivity contribution in [2.24, 2.45) is 5.92 Å². The van der Waals surface area contributed by atoms with Gasteiger partial charge in [0, 0.05) is 25.2 Å². The van der Waals surface area contributed by atoms with Gasteiger partial charge in [-0.15, -0.1) is 0 Å². The number of hydrogen-bond acceptors (Lipinski definition) is 5. The minimum atomic E-state index is -4.57. The molecule has 0 radical (unpaired) electrons. The van der Waals surface area contributed by atoms with E-state index in [0.717, 1.165) is 38.1 Å². The van der Waals surface area contributed by atoms with Gasteiger partial charge in [-0.2, -0.15) is 13.2 Å². The molecule has 1 aliphatic heterocycles. The zero-order valence-corrected chi connectivity index (χ0v) is 18.8. The molecule has 0 atom stereocenters. The smallest absolute Gasteiger partial charge is 0.416 e. The number of carbonyl (C=O) groups is 1. The van der Waals surface area contributed by atoms with Gasteiger partial charge in [0.25, 0.3) is 5.91 Å². The second kappa shape index (κ2) is 10.6. The van der Waals surface area contributed by atoms with E-state index in [-0.39, 0.29) is 17.2 Å². The first-order valence-electron chi connectivity index (χ1n) is 10.2. The van der Waals surface area contributed by atoms with Crippen molar-refractivity contribution in [3.05, 3.63) is 29.3 Å². The quantitative estimate of drug-likeness (QED) is 0.585. The number of nitrogens with one attached hydrogen (secondary N) is 2. The summed E-state index contributed by atoms with van der Waals surface area (Å²) >= 11 is 0. The third-order valence-electron chi connectivity index (χ3n) is 5.34. The highest BCUT2D eigenvalue weighted by atomic mass is 32.2. The van der Waals surface area contributed by atoms with Crippen molar-refractivity contribution < 1.29 is 31.1 Å². The Labute approximate surface area is 181 Å². The highest BCUT2D eigenvalue weighted by molar-refractivity contribution is 7.90. The molecule has 0 bridgehead atoms. The second-order valence-electron chi connectivity index (χ2n) is 7.93. The monoisotopic (exact) mass is 465 g/mol. The number of carbonyl (C=O) groups excluding carboxylic acids is 1. The summed E-state index contributed by atoms with van der Waals surface area (Å²) in [4.78, 5) is 14.5. The van der Waals surface area contributed by atoms with Gasteiger partial charge >= 0.3 is 6.18 Å². The number of sulfonamides is 1. The third kappa shape index (κ3) is 7.65. The van der Waals surface area contributed by atoms with Crippen LogP contribution >= 0.6 is 0 Å². The van der Waals surface area contributed by atoms with Crippen molar-refractivity contribution in [2.45, 2.75) is 38.1 Å². The maximum Gasteiger partial charge on any atom is 0.416 e. The van der Waals surface area contributed by atoms with E-state index in [1.54, 1.807) is 13.8 Å². The van der Waals surface area contributed by atoms with Gasteiger partial charge in [0.15, 0.2) is 0 Å². The third-order valence-corrected chi connectivity index (χ3v) is 7.19. The molecule has 1 saturated heterocycles. The van der Waals surface area contributed by atoms with E-state index in [1.807, 2.05) is 0 Å². The van der Waals surface area contributed by atoms with Crippen LogP contribution < -0.4 is 14.8 Å². The number of likely N-dealkylation sites (tertiary alicyclic amines) is 1. The molecule has 11 heteroatoms. The molecule has 2 N–H and O–H groups in total. The van der Waals surface area contributed by atoms with Crippen LogP contribution in [0.2, 0.25) is 0 Å². The zero-order valence-electron chi connectivity index (χ0n) is 18.0. The van der Waals surface area contributed by atoms with E-state index in [9.17, 15) is 26.4 Å². The van der Waals surface area contributed by atoms with Gasteiger partial charge in [-0.1, -0.05) is 0 Å². The topological polar surface area (TPSA) is 87.7 Å². The van der Waals surface area contributed by atoms with Crippen LogP contribution in [0.4, 0.5) is 13.2 Å². The summed E-state index contributed by atoms with van der Waals surface area (Å²) in [7, 11) is -2.03. The van der Waals surface area contributed by atoms with Crippen LogP contribution in [0.3, 0.4) is 0 Å². The van der Waals surface area contributed by atoms with Crippen LogP contribution in [0.25, 0.3) is 0 Å². The maximum atomic E-state index is 13.0. The number of methoxy groups -OCH3 is 1. The Hall–Kier alpha value is -1.85. The summed E-state index contributed by atoms with van der Waals surface area (Å²) in [5.41, 5.74) is -1.03. The average molecular weight is 466 g/mol. The van der Waals surface area contributed by atoms with Crippen LogP contribution in [0.5, 0.6) is 5.75 Å². The van der Waals surface area contributed by atoms with Crippen molar-refractivity contribution in [3.8, 4) is 5.75 Å². The van der Waals surface area contributed by atoms with Crippen molar-refractivity contribution in [3.63, 3.8) is 0 Å². The Bertz CT molecular complexity index is 852.